The van der Waals surface area contributed by atoms with Crippen LogP contribution in [0.15, 0.2) is 36.4 Å². The van der Waals surface area contributed by atoms with Crippen LogP contribution < -0.4 is 0 Å². The zero-order chi connectivity index (χ0) is 14.5. The molecule has 102 valence electrons. The van der Waals surface area contributed by atoms with Crippen LogP contribution in [0.5, 0.6) is 0 Å². The molecule has 0 radical (unpaired) electrons. The summed E-state index contributed by atoms with van der Waals surface area (Å²) in [4.78, 5) is 4.95. The van der Waals surface area contributed by atoms with Crippen LogP contribution in [-0.2, 0) is 5.41 Å². The molecule has 3 aromatic rings. The van der Waals surface area contributed by atoms with E-state index in [-0.39, 0.29) is 5.41 Å². The lowest BCUT2D eigenvalue weighted by Crippen LogP contribution is -2.13. The van der Waals surface area contributed by atoms with Gasteiger partial charge in [-0.3, -0.25) is 0 Å². The van der Waals surface area contributed by atoms with Crippen molar-refractivity contribution in [2.75, 3.05) is 0 Å². The van der Waals surface area contributed by atoms with E-state index in [2.05, 4.69) is 71.0 Å². The summed E-state index contributed by atoms with van der Waals surface area (Å²) in [6, 6.07) is 13.0. The first-order valence-electron chi connectivity index (χ1n) is 7.19. The molecule has 0 aliphatic heterocycles. The predicted octanol–water partition coefficient (Wildman–Crippen LogP) is 5.30. The molecule has 0 amide bonds. The molecule has 0 N–H and O–H groups in total. The largest absolute Gasteiger partial charge is 0.247 e. The molecule has 1 heteroatoms. The fraction of sp³-hybridized carbons (Fsp3) is 0.316. The third kappa shape index (κ3) is 1.89. The van der Waals surface area contributed by atoms with E-state index in [0.29, 0.717) is 0 Å². The molecule has 0 saturated heterocycles. The Morgan fingerprint density at radius 3 is 1.60 bits per heavy atom. The van der Waals surface area contributed by atoms with Gasteiger partial charge < -0.3 is 0 Å². The Balaban J connectivity index is 2.64. The summed E-state index contributed by atoms with van der Waals surface area (Å²) in [6.45, 7) is 11.1. The minimum atomic E-state index is 0.0982. The van der Waals surface area contributed by atoms with Crippen LogP contribution in [0, 0.1) is 13.8 Å². The van der Waals surface area contributed by atoms with Gasteiger partial charge >= 0.3 is 0 Å². The van der Waals surface area contributed by atoms with Gasteiger partial charge in [0, 0.05) is 10.8 Å². The summed E-state index contributed by atoms with van der Waals surface area (Å²) in [5, 5.41) is 2.58. The quantitative estimate of drug-likeness (QED) is 0.501. The Hall–Kier alpha value is -1.89. The van der Waals surface area contributed by atoms with Gasteiger partial charge in [-0.2, -0.15) is 0 Å². The molecule has 0 aliphatic carbocycles. The molecule has 0 unspecified atom stereocenters. The Kier molecular flexibility index (Phi) is 2.82. The molecule has 0 saturated carbocycles. The van der Waals surface area contributed by atoms with Crippen molar-refractivity contribution in [3.05, 3.63) is 53.1 Å². The molecule has 0 aliphatic rings. The molecule has 1 heterocycles. The zero-order valence-electron chi connectivity index (χ0n) is 12.9. The number of aryl methyl sites for hydroxylation is 2. The van der Waals surface area contributed by atoms with E-state index in [0.717, 1.165) is 11.0 Å². The average Bonchev–Trinajstić information content (AvgIpc) is 2.36. The molecular formula is C19H21N. The van der Waals surface area contributed by atoms with Crippen LogP contribution >= 0.6 is 0 Å². The zero-order valence-corrected chi connectivity index (χ0v) is 12.9. The second-order valence-electron chi connectivity index (χ2n) is 6.68. The van der Waals surface area contributed by atoms with E-state index in [4.69, 9.17) is 4.98 Å². The van der Waals surface area contributed by atoms with E-state index < -0.39 is 0 Å². The Bertz CT molecular complexity index is 747. The topological polar surface area (TPSA) is 12.9 Å². The maximum Gasteiger partial charge on any atom is 0.0741 e. The maximum absolute atomic E-state index is 4.95. The van der Waals surface area contributed by atoms with E-state index in [1.807, 2.05) is 0 Å². The summed E-state index contributed by atoms with van der Waals surface area (Å²) in [6.07, 6.45) is 0. The average molecular weight is 263 g/mol. The third-order valence-electron chi connectivity index (χ3n) is 3.99. The first kappa shape index (κ1) is 13.1. The standard InChI is InChI=1S/C19H21N/c1-12-8-6-10-14-16(19(3,4)5)15-11-7-9-13(2)18(15)20-17(12)14/h6-11H,1-5H3. The van der Waals surface area contributed by atoms with Crippen molar-refractivity contribution in [3.8, 4) is 0 Å². The number of rotatable bonds is 0. The molecular weight excluding hydrogens is 242 g/mol. The molecule has 0 fully saturated rings. The lowest BCUT2D eigenvalue weighted by molar-refractivity contribution is 0.601. The Morgan fingerprint density at radius 2 is 1.20 bits per heavy atom. The molecule has 20 heavy (non-hydrogen) atoms. The highest BCUT2D eigenvalue weighted by Crippen LogP contribution is 2.36. The lowest BCUT2D eigenvalue weighted by Gasteiger charge is -2.24. The summed E-state index contributed by atoms with van der Waals surface area (Å²) in [5.74, 6) is 0. The number of hydrogen-bond acceptors (Lipinski definition) is 1. The van der Waals surface area contributed by atoms with Crippen molar-refractivity contribution in [2.45, 2.75) is 40.0 Å². The van der Waals surface area contributed by atoms with Crippen molar-refractivity contribution in [1.29, 1.82) is 0 Å². The van der Waals surface area contributed by atoms with Gasteiger partial charge in [-0.1, -0.05) is 57.2 Å². The summed E-state index contributed by atoms with van der Waals surface area (Å²) < 4.78 is 0. The first-order valence-corrected chi connectivity index (χ1v) is 7.19. The number of nitrogens with zero attached hydrogens (tertiary/aromatic N) is 1. The lowest BCUT2D eigenvalue weighted by atomic mass is 9.81. The molecule has 0 bridgehead atoms. The molecule has 2 aromatic carbocycles. The number of pyridine rings is 1. The molecule has 0 spiro atoms. The summed E-state index contributed by atoms with van der Waals surface area (Å²) in [7, 11) is 0. The van der Waals surface area contributed by atoms with Gasteiger partial charge in [-0.25, -0.2) is 4.98 Å². The normalized spacial score (nSPS) is 12.2. The van der Waals surface area contributed by atoms with E-state index in [9.17, 15) is 0 Å². The van der Waals surface area contributed by atoms with Crippen LogP contribution in [0.3, 0.4) is 0 Å². The van der Waals surface area contributed by atoms with Gasteiger partial charge in [-0.05, 0) is 36.0 Å². The number of aromatic nitrogens is 1. The van der Waals surface area contributed by atoms with Gasteiger partial charge in [0.1, 0.15) is 0 Å². The van der Waals surface area contributed by atoms with Crippen LogP contribution in [0.25, 0.3) is 21.8 Å². The molecule has 1 aromatic heterocycles. The first-order chi connectivity index (χ1) is 9.39. The fourth-order valence-corrected chi connectivity index (χ4v) is 3.08. The second kappa shape index (κ2) is 4.31. The third-order valence-corrected chi connectivity index (χ3v) is 3.99. The predicted molar refractivity (Wildman–Crippen MR) is 87.4 cm³/mol. The van der Waals surface area contributed by atoms with Gasteiger partial charge in [0.2, 0.25) is 0 Å². The minimum Gasteiger partial charge on any atom is -0.247 e. The Labute approximate surface area is 120 Å². The fourth-order valence-electron chi connectivity index (χ4n) is 3.08. The van der Waals surface area contributed by atoms with Crippen LogP contribution in [0.4, 0.5) is 0 Å². The summed E-state index contributed by atoms with van der Waals surface area (Å²) in [5.41, 5.74) is 6.28. The maximum atomic E-state index is 4.95. The molecule has 0 atom stereocenters. The highest BCUT2D eigenvalue weighted by molar-refractivity contribution is 6.00. The number of hydrogen-bond donors (Lipinski definition) is 0. The highest BCUT2D eigenvalue weighted by Gasteiger charge is 2.21. The Morgan fingerprint density at radius 1 is 0.750 bits per heavy atom. The van der Waals surface area contributed by atoms with Crippen molar-refractivity contribution in [2.24, 2.45) is 0 Å². The van der Waals surface area contributed by atoms with E-state index >= 15 is 0 Å². The SMILES string of the molecule is Cc1cccc2c(C(C)(C)C)c3cccc(C)c3nc12. The van der Waals surface area contributed by atoms with Crippen molar-refractivity contribution in [3.63, 3.8) is 0 Å². The summed E-state index contributed by atoms with van der Waals surface area (Å²) >= 11 is 0. The van der Waals surface area contributed by atoms with E-state index in [1.54, 1.807) is 0 Å². The molecule has 1 nitrogen and oxygen atoms in total. The smallest absolute Gasteiger partial charge is 0.0741 e. The van der Waals surface area contributed by atoms with Crippen molar-refractivity contribution in [1.82, 2.24) is 4.98 Å². The number of benzene rings is 2. The van der Waals surface area contributed by atoms with Gasteiger partial charge in [-0.15, -0.1) is 0 Å². The second-order valence-corrected chi connectivity index (χ2v) is 6.68. The van der Waals surface area contributed by atoms with Gasteiger partial charge in [0.05, 0.1) is 11.0 Å². The van der Waals surface area contributed by atoms with Gasteiger partial charge in [0.25, 0.3) is 0 Å². The minimum absolute atomic E-state index is 0.0982. The highest BCUT2D eigenvalue weighted by atomic mass is 14.7. The van der Waals surface area contributed by atoms with E-state index in [1.165, 1.54) is 27.5 Å². The van der Waals surface area contributed by atoms with Crippen LogP contribution in [-0.4, -0.2) is 4.98 Å². The molecule has 3 rings (SSSR count). The number of para-hydroxylation sites is 2. The van der Waals surface area contributed by atoms with Gasteiger partial charge in [0.15, 0.2) is 0 Å². The van der Waals surface area contributed by atoms with Crippen LogP contribution in [0.1, 0.15) is 37.5 Å². The monoisotopic (exact) mass is 263 g/mol. The van der Waals surface area contributed by atoms with Crippen molar-refractivity contribution < 1.29 is 0 Å². The van der Waals surface area contributed by atoms with Crippen molar-refractivity contribution >= 4 is 21.8 Å². The van der Waals surface area contributed by atoms with Crippen LogP contribution in [0.2, 0.25) is 0 Å². The number of fused-ring (bicyclic) bond motifs is 2.